The zero-order valence-electron chi connectivity index (χ0n) is 17.2. The highest BCUT2D eigenvalue weighted by Crippen LogP contribution is 2.39. The fourth-order valence-corrected chi connectivity index (χ4v) is 5.59. The molecule has 5 amide bonds. The SMILES string of the molecule is CC(=O)N[C@@H](CCCCNC(=O)CCCCC1SC[C@]2(C)NC(=O)N[C@H]12)C(N)=O. The zero-order chi connectivity index (χ0) is 21.4. The Bertz CT molecular complexity index is 632. The highest BCUT2D eigenvalue weighted by Gasteiger charge is 2.51. The Labute approximate surface area is 176 Å². The summed E-state index contributed by atoms with van der Waals surface area (Å²) in [5.41, 5.74) is 5.10. The van der Waals surface area contributed by atoms with Gasteiger partial charge in [0.05, 0.1) is 11.6 Å². The van der Waals surface area contributed by atoms with Gasteiger partial charge in [0.1, 0.15) is 6.04 Å². The number of nitrogens with one attached hydrogen (secondary N) is 4. The van der Waals surface area contributed by atoms with Crippen LogP contribution >= 0.6 is 11.8 Å². The van der Waals surface area contributed by atoms with Crippen molar-refractivity contribution in [1.82, 2.24) is 21.3 Å². The second-order valence-corrected chi connectivity index (χ2v) is 9.32. The Morgan fingerprint density at radius 3 is 2.72 bits per heavy atom. The van der Waals surface area contributed by atoms with E-state index in [4.69, 9.17) is 5.73 Å². The number of amides is 5. The van der Waals surface area contributed by atoms with Gasteiger partial charge in [-0.3, -0.25) is 14.4 Å². The predicted octanol–water partition coefficient (Wildman–Crippen LogP) is 0.379. The Balaban J connectivity index is 1.52. The molecule has 9 nitrogen and oxygen atoms in total. The van der Waals surface area contributed by atoms with E-state index in [0.717, 1.165) is 31.4 Å². The number of urea groups is 1. The zero-order valence-corrected chi connectivity index (χ0v) is 18.0. The Kier molecular flexibility index (Phi) is 8.60. The molecule has 6 N–H and O–H groups in total. The van der Waals surface area contributed by atoms with Gasteiger partial charge in [-0.15, -0.1) is 0 Å². The van der Waals surface area contributed by atoms with Crippen LogP contribution in [0, 0.1) is 0 Å². The summed E-state index contributed by atoms with van der Waals surface area (Å²) in [5, 5.41) is 11.8. The molecule has 2 fully saturated rings. The minimum atomic E-state index is -0.654. The third-order valence-corrected chi connectivity index (χ3v) is 7.15. The van der Waals surface area contributed by atoms with Gasteiger partial charge in [0, 0.05) is 30.9 Å². The molecule has 2 saturated heterocycles. The number of hydrogen-bond acceptors (Lipinski definition) is 5. The Hall–Kier alpha value is -1.97. The number of carbonyl (C=O) groups is 4. The van der Waals surface area contributed by atoms with Gasteiger partial charge in [-0.1, -0.05) is 6.42 Å². The number of hydrogen-bond donors (Lipinski definition) is 5. The van der Waals surface area contributed by atoms with Crippen molar-refractivity contribution in [3.63, 3.8) is 0 Å². The van der Waals surface area contributed by atoms with Crippen LogP contribution in [0.3, 0.4) is 0 Å². The van der Waals surface area contributed by atoms with E-state index >= 15 is 0 Å². The average Bonchev–Trinajstić information content (AvgIpc) is 3.09. The van der Waals surface area contributed by atoms with E-state index in [1.807, 2.05) is 11.8 Å². The normalized spacial score (nSPS) is 26.2. The molecule has 29 heavy (non-hydrogen) atoms. The third-order valence-electron chi connectivity index (χ3n) is 5.45. The Morgan fingerprint density at radius 1 is 1.28 bits per heavy atom. The van der Waals surface area contributed by atoms with Gasteiger partial charge >= 0.3 is 6.03 Å². The van der Waals surface area contributed by atoms with Gasteiger partial charge < -0.3 is 27.0 Å². The van der Waals surface area contributed by atoms with Gasteiger partial charge in [0.25, 0.3) is 0 Å². The summed E-state index contributed by atoms with van der Waals surface area (Å²) in [6.07, 6.45) is 5.12. The van der Waals surface area contributed by atoms with Crippen LogP contribution in [0.15, 0.2) is 0 Å². The molecule has 2 aliphatic rings. The van der Waals surface area contributed by atoms with Crippen molar-refractivity contribution in [2.24, 2.45) is 5.73 Å². The molecule has 0 spiro atoms. The number of rotatable bonds is 12. The van der Waals surface area contributed by atoms with Crippen LogP contribution in [-0.4, -0.2) is 58.9 Å². The van der Waals surface area contributed by atoms with E-state index in [-0.39, 0.29) is 29.4 Å². The van der Waals surface area contributed by atoms with E-state index in [0.29, 0.717) is 31.1 Å². The summed E-state index contributed by atoms with van der Waals surface area (Å²) < 4.78 is 0. The van der Waals surface area contributed by atoms with Crippen molar-refractivity contribution < 1.29 is 19.2 Å². The van der Waals surface area contributed by atoms with E-state index in [2.05, 4.69) is 28.2 Å². The van der Waals surface area contributed by atoms with Crippen LogP contribution in [-0.2, 0) is 14.4 Å². The van der Waals surface area contributed by atoms with E-state index in [1.54, 1.807) is 0 Å². The van der Waals surface area contributed by atoms with Crippen LogP contribution in [0.25, 0.3) is 0 Å². The minimum Gasteiger partial charge on any atom is -0.368 e. The molecule has 0 aromatic heterocycles. The first-order valence-electron chi connectivity index (χ1n) is 10.2. The van der Waals surface area contributed by atoms with Crippen LogP contribution in [0.1, 0.15) is 58.8 Å². The van der Waals surface area contributed by atoms with Gasteiger partial charge in [-0.2, -0.15) is 11.8 Å². The molecular weight excluding hydrogens is 394 g/mol. The average molecular weight is 428 g/mol. The maximum Gasteiger partial charge on any atom is 0.315 e. The lowest BCUT2D eigenvalue weighted by Crippen LogP contribution is -2.47. The van der Waals surface area contributed by atoms with Gasteiger partial charge in [0.15, 0.2) is 0 Å². The molecule has 2 aliphatic heterocycles. The lowest BCUT2D eigenvalue weighted by atomic mass is 9.92. The second kappa shape index (κ2) is 10.7. The molecule has 164 valence electrons. The van der Waals surface area contributed by atoms with Crippen molar-refractivity contribution in [1.29, 1.82) is 0 Å². The summed E-state index contributed by atoms with van der Waals surface area (Å²) >= 11 is 1.88. The topological polar surface area (TPSA) is 142 Å². The fraction of sp³-hybridized carbons (Fsp3) is 0.789. The van der Waals surface area contributed by atoms with E-state index < -0.39 is 11.9 Å². The summed E-state index contributed by atoms with van der Waals surface area (Å²) in [6, 6.07) is -0.574. The largest absolute Gasteiger partial charge is 0.368 e. The van der Waals surface area contributed by atoms with Crippen LogP contribution in [0.4, 0.5) is 4.79 Å². The lowest BCUT2D eigenvalue weighted by Gasteiger charge is -2.23. The molecule has 0 bridgehead atoms. The standard InChI is InChI=1S/C19H33N5O4S/c1-12(25)22-13(17(20)27)7-5-6-10-21-15(26)9-4-3-8-14-16-19(2,11-29-14)24-18(28)23-16/h13-14,16H,3-11H2,1-2H3,(H2,20,27)(H,21,26)(H,22,25)(H2,23,24,28)/t13-,14?,16+,19-/m0/s1. The summed E-state index contributed by atoms with van der Waals surface area (Å²) in [4.78, 5) is 45.8. The van der Waals surface area contributed by atoms with Crippen molar-refractivity contribution >= 4 is 35.5 Å². The summed E-state index contributed by atoms with van der Waals surface area (Å²) in [6.45, 7) is 3.97. The molecule has 0 aromatic carbocycles. The van der Waals surface area contributed by atoms with Crippen LogP contribution in [0.2, 0.25) is 0 Å². The highest BCUT2D eigenvalue weighted by molar-refractivity contribution is 8.00. The number of fused-ring (bicyclic) bond motifs is 1. The quantitative estimate of drug-likeness (QED) is 0.226. The molecule has 10 heteroatoms. The van der Waals surface area contributed by atoms with E-state index in [9.17, 15) is 19.2 Å². The molecule has 0 aromatic rings. The molecule has 1 unspecified atom stereocenters. The number of carbonyl (C=O) groups excluding carboxylic acids is 4. The van der Waals surface area contributed by atoms with Gasteiger partial charge in [-0.25, -0.2) is 4.79 Å². The van der Waals surface area contributed by atoms with Crippen LogP contribution < -0.4 is 27.0 Å². The summed E-state index contributed by atoms with van der Waals surface area (Å²) in [7, 11) is 0. The van der Waals surface area contributed by atoms with Gasteiger partial charge in [-0.05, 0) is 39.0 Å². The van der Waals surface area contributed by atoms with E-state index in [1.165, 1.54) is 6.92 Å². The number of unbranched alkanes of at least 4 members (excludes halogenated alkanes) is 2. The minimum absolute atomic E-state index is 0.0260. The maximum absolute atomic E-state index is 12.0. The molecule has 2 heterocycles. The fourth-order valence-electron chi connectivity index (χ4n) is 3.88. The third kappa shape index (κ3) is 7.09. The number of primary amides is 1. The molecule has 0 aliphatic carbocycles. The van der Waals surface area contributed by atoms with Gasteiger partial charge in [0.2, 0.25) is 17.7 Å². The molecular formula is C19H33N5O4S. The van der Waals surface area contributed by atoms with Crippen LogP contribution in [0.5, 0.6) is 0 Å². The number of nitrogens with two attached hydrogens (primary N) is 1. The Morgan fingerprint density at radius 2 is 2.03 bits per heavy atom. The lowest BCUT2D eigenvalue weighted by molar-refractivity contribution is -0.126. The molecule has 0 saturated carbocycles. The summed E-state index contributed by atoms with van der Waals surface area (Å²) in [5.74, 6) is 0.116. The number of thioether (sulfide) groups is 1. The first kappa shape index (κ1) is 23.3. The van der Waals surface area contributed by atoms with Crippen molar-refractivity contribution in [3.8, 4) is 0 Å². The maximum atomic E-state index is 12.0. The molecule has 0 radical (unpaired) electrons. The second-order valence-electron chi connectivity index (χ2n) is 8.09. The van der Waals surface area contributed by atoms with Crippen molar-refractivity contribution in [2.75, 3.05) is 12.3 Å². The molecule has 2 rings (SSSR count). The van der Waals surface area contributed by atoms with Crippen molar-refractivity contribution in [3.05, 3.63) is 0 Å². The monoisotopic (exact) mass is 427 g/mol. The van der Waals surface area contributed by atoms with Crippen molar-refractivity contribution in [2.45, 2.75) is 81.7 Å². The first-order valence-corrected chi connectivity index (χ1v) is 11.3. The smallest absolute Gasteiger partial charge is 0.315 e. The first-order chi connectivity index (χ1) is 13.7. The highest BCUT2D eigenvalue weighted by atomic mass is 32.2. The molecule has 4 atom stereocenters. The predicted molar refractivity (Wildman–Crippen MR) is 112 cm³/mol.